The molecule has 0 bridgehead atoms. The SMILES string of the molecule is Cc1cc(-c2ccc3nnn(Cc4ccc5c(ccc[n+]5O)c4)c3n2)ccc1C(=O)NOCC(C)(C)O. The van der Waals surface area contributed by atoms with E-state index in [4.69, 9.17) is 9.82 Å². The minimum atomic E-state index is -1.05. The summed E-state index contributed by atoms with van der Waals surface area (Å²) in [4.78, 5) is 22.4. The molecule has 3 aromatic heterocycles. The van der Waals surface area contributed by atoms with Gasteiger partial charge in [-0.25, -0.2) is 15.1 Å². The summed E-state index contributed by atoms with van der Waals surface area (Å²) < 4.78 is 2.84. The third-order valence-corrected chi connectivity index (χ3v) is 5.89. The molecule has 2 aromatic carbocycles. The van der Waals surface area contributed by atoms with Crippen LogP contribution in [0.15, 0.2) is 66.9 Å². The smallest absolute Gasteiger partial charge is 0.275 e. The Morgan fingerprint density at radius 1 is 1.14 bits per heavy atom. The van der Waals surface area contributed by atoms with Gasteiger partial charge in [0.05, 0.1) is 23.2 Å². The van der Waals surface area contributed by atoms with E-state index in [2.05, 4.69) is 15.8 Å². The highest BCUT2D eigenvalue weighted by Gasteiger charge is 2.16. The van der Waals surface area contributed by atoms with Gasteiger partial charge in [0, 0.05) is 28.0 Å². The zero-order chi connectivity index (χ0) is 26.2. The molecule has 37 heavy (non-hydrogen) atoms. The molecule has 5 rings (SSSR count). The first-order valence-electron chi connectivity index (χ1n) is 11.8. The maximum Gasteiger partial charge on any atom is 0.275 e. The Bertz CT molecular complexity index is 1620. The van der Waals surface area contributed by atoms with E-state index in [1.165, 1.54) is 0 Å². The third-order valence-electron chi connectivity index (χ3n) is 5.89. The number of benzene rings is 2. The Kier molecular flexibility index (Phi) is 6.28. The second-order valence-electron chi connectivity index (χ2n) is 9.59. The van der Waals surface area contributed by atoms with Crippen LogP contribution < -0.4 is 10.2 Å². The van der Waals surface area contributed by atoms with Gasteiger partial charge in [-0.3, -0.25) is 14.8 Å². The molecule has 10 nitrogen and oxygen atoms in total. The molecule has 0 fully saturated rings. The number of aryl methyl sites for hydroxylation is 1. The van der Waals surface area contributed by atoms with Crippen LogP contribution in [-0.4, -0.2) is 48.4 Å². The van der Waals surface area contributed by atoms with E-state index in [9.17, 15) is 15.1 Å². The second-order valence-corrected chi connectivity index (χ2v) is 9.59. The van der Waals surface area contributed by atoms with Gasteiger partial charge in [-0.05, 0) is 68.3 Å². The standard InChI is InChI=1S/C27H26N6O4/c1-17-13-19(7-8-21(17)26(34)30-37-16-27(2,3)35)22-9-10-23-25(28-22)32(31-29-23)15-18-6-11-24-20(14-18)5-4-12-33(24)36/h4-14,35H,15-16H2,1-3H3,(H-,30,34,36)/p+1. The van der Waals surface area contributed by atoms with Gasteiger partial charge in [0.1, 0.15) is 12.1 Å². The maximum absolute atomic E-state index is 12.5. The molecule has 0 radical (unpaired) electrons. The number of carbonyl (C=O) groups excluding carboxylic acids is 1. The van der Waals surface area contributed by atoms with Crippen LogP contribution in [0, 0.1) is 6.92 Å². The molecule has 0 spiro atoms. The van der Waals surface area contributed by atoms with Crippen molar-refractivity contribution in [2.24, 2.45) is 0 Å². The largest absolute Gasteiger partial charge is 0.388 e. The van der Waals surface area contributed by atoms with E-state index < -0.39 is 5.60 Å². The molecule has 0 saturated heterocycles. The van der Waals surface area contributed by atoms with Crippen LogP contribution in [0.25, 0.3) is 33.3 Å². The third kappa shape index (κ3) is 5.25. The molecule has 0 aliphatic rings. The summed E-state index contributed by atoms with van der Waals surface area (Å²) in [7, 11) is 0. The van der Waals surface area contributed by atoms with Crippen molar-refractivity contribution in [2.45, 2.75) is 32.9 Å². The minimum Gasteiger partial charge on any atom is -0.388 e. The van der Waals surface area contributed by atoms with Gasteiger partial charge in [-0.15, -0.1) is 5.10 Å². The van der Waals surface area contributed by atoms with Crippen LogP contribution in [0.4, 0.5) is 0 Å². The first-order valence-corrected chi connectivity index (χ1v) is 11.8. The predicted octanol–water partition coefficient (Wildman–Crippen LogP) is 2.96. The number of hydroxylamine groups is 1. The zero-order valence-corrected chi connectivity index (χ0v) is 20.7. The molecule has 0 unspecified atom stereocenters. The Morgan fingerprint density at radius 3 is 2.76 bits per heavy atom. The predicted molar refractivity (Wildman–Crippen MR) is 136 cm³/mol. The molecule has 188 valence electrons. The number of aromatic nitrogens is 5. The lowest BCUT2D eigenvalue weighted by molar-refractivity contribution is -0.884. The summed E-state index contributed by atoms with van der Waals surface area (Å²) in [5.74, 6) is -0.388. The van der Waals surface area contributed by atoms with Crippen LogP contribution in [0.3, 0.4) is 0 Å². The molecule has 5 aromatic rings. The van der Waals surface area contributed by atoms with Crippen LogP contribution >= 0.6 is 0 Å². The maximum atomic E-state index is 12.5. The molecule has 0 aliphatic heterocycles. The van der Waals surface area contributed by atoms with E-state index in [0.717, 1.165) is 32.5 Å². The molecule has 0 saturated carbocycles. The number of carbonyl (C=O) groups is 1. The number of pyridine rings is 2. The normalized spacial score (nSPS) is 11.8. The molecule has 3 N–H and O–H groups in total. The summed E-state index contributed by atoms with van der Waals surface area (Å²) in [5.41, 5.74) is 7.15. The fraction of sp³-hybridized carbons (Fsp3) is 0.222. The quantitative estimate of drug-likeness (QED) is 0.179. The fourth-order valence-electron chi connectivity index (χ4n) is 4.06. The highest BCUT2D eigenvalue weighted by Crippen LogP contribution is 2.23. The number of aliphatic hydroxyl groups is 1. The molecular weight excluding hydrogens is 472 g/mol. The zero-order valence-electron chi connectivity index (χ0n) is 20.7. The average Bonchev–Trinajstić information content (AvgIpc) is 3.25. The monoisotopic (exact) mass is 499 g/mol. The lowest BCUT2D eigenvalue weighted by atomic mass is 10.0. The number of nitrogens with zero attached hydrogens (tertiary/aromatic N) is 5. The van der Waals surface area contributed by atoms with Crippen LogP contribution in [0.2, 0.25) is 0 Å². The number of hydrogen-bond acceptors (Lipinski definition) is 7. The average molecular weight is 500 g/mol. The van der Waals surface area contributed by atoms with E-state index in [0.29, 0.717) is 28.8 Å². The summed E-state index contributed by atoms with van der Waals surface area (Å²) in [6.07, 6.45) is 1.59. The summed E-state index contributed by atoms with van der Waals surface area (Å²) in [6, 6.07) is 18.7. The van der Waals surface area contributed by atoms with Crippen molar-refractivity contribution in [3.05, 3.63) is 83.6 Å². The summed E-state index contributed by atoms with van der Waals surface area (Å²) in [6.45, 7) is 5.47. The first kappa shape index (κ1) is 24.3. The van der Waals surface area contributed by atoms with E-state index in [-0.39, 0.29) is 12.5 Å². The topological polar surface area (TPSA) is 126 Å². The molecule has 1 amide bonds. The molecule has 3 heterocycles. The Hall–Kier alpha value is -4.41. The number of rotatable bonds is 7. The van der Waals surface area contributed by atoms with Crippen molar-refractivity contribution in [2.75, 3.05) is 6.61 Å². The van der Waals surface area contributed by atoms with Gasteiger partial charge in [0.15, 0.2) is 5.65 Å². The van der Waals surface area contributed by atoms with E-state index >= 15 is 0 Å². The lowest BCUT2D eigenvalue weighted by Gasteiger charge is -2.17. The lowest BCUT2D eigenvalue weighted by Crippen LogP contribution is -2.33. The molecule has 10 heteroatoms. The van der Waals surface area contributed by atoms with Crippen LogP contribution in [0.5, 0.6) is 0 Å². The van der Waals surface area contributed by atoms with Gasteiger partial charge in [0.2, 0.25) is 6.20 Å². The second kappa shape index (κ2) is 9.57. The summed E-state index contributed by atoms with van der Waals surface area (Å²) in [5, 5.41) is 29.1. The highest BCUT2D eigenvalue weighted by atomic mass is 16.7. The Balaban J connectivity index is 1.38. The number of hydrogen-bond donors (Lipinski definition) is 3. The Morgan fingerprint density at radius 2 is 1.97 bits per heavy atom. The van der Waals surface area contributed by atoms with E-state index in [1.807, 2.05) is 55.5 Å². The van der Waals surface area contributed by atoms with Crippen molar-refractivity contribution in [3.8, 4) is 11.3 Å². The van der Waals surface area contributed by atoms with Crippen molar-refractivity contribution >= 4 is 28.0 Å². The summed E-state index contributed by atoms with van der Waals surface area (Å²) >= 11 is 0. The Labute approximate surface area is 212 Å². The van der Waals surface area contributed by atoms with Crippen molar-refractivity contribution in [1.82, 2.24) is 25.5 Å². The highest BCUT2D eigenvalue weighted by molar-refractivity contribution is 5.95. The fourth-order valence-corrected chi connectivity index (χ4v) is 4.06. The van der Waals surface area contributed by atoms with Crippen molar-refractivity contribution in [1.29, 1.82) is 0 Å². The van der Waals surface area contributed by atoms with Gasteiger partial charge in [-0.2, -0.15) is 0 Å². The van der Waals surface area contributed by atoms with Gasteiger partial charge >= 0.3 is 0 Å². The van der Waals surface area contributed by atoms with Crippen molar-refractivity contribution in [3.63, 3.8) is 0 Å². The first-order chi connectivity index (χ1) is 17.7. The van der Waals surface area contributed by atoms with Crippen LogP contribution in [0.1, 0.15) is 35.3 Å². The number of fused-ring (bicyclic) bond motifs is 2. The van der Waals surface area contributed by atoms with Gasteiger partial charge in [-0.1, -0.05) is 17.3 Å². The van der Waals surface area contributed by atoms with E-state index in [1.54, 1.807) is 36.9 Å². The number of amides is 1. The van der Waals surface area contributed by atoms with Gasteiger partial charge < -0.3 is 5.11 Å². The minimum absolute atomic E-state index is 0.0256. The molecular formula is C27H27N6O4+. The molecule has 0 aliphatic carbocycles. The van der Waals surface area contributed by atoms with Crippen molar-refractivity contribution < 1.29 is 24.7 Å². The van der Waals surface area contributed by atoms with Gasteiger partial charge in [0.25, 0.3) is 11.4 Å². The molecule has 0 atom stereocenters. The number of nitrogens with one attached hydrogen (secondary N) is 1. The van der Waals surface area contributed by atoms with Crippen LogP contribution in [-0.2, 0) is 11.4 Å².